The third-order valence-corrected chi connectivity index (χ3v) is 5.06. The van der Waals surface area contributed by atoms with Gasteiger partial charge in [0, 0.05) is 5.02 Å². The summed E-state index contributed by atoms with van der Waals surface area (Å²) in [7, 11) is 1.46. The Morgan fingerprint density at radius 1 is 1.17 bits per heavy atom. The fourth-order valence-electron chi connectivity index (χ4n) is 2.57. The first-order chi connectivity index (χ1) is 13.9. The quantitative estimate of drug-likeness (QED) is 0.645. The Balaban J connectivity index is 1.80. The van der Waals surface area contributed by atoms with E-state index in [1.165, 1.54) is 7.11 Å². The number of anilines is 1. The standard InChI is InChI=1S/C20H16ClNO6S/c1-27-16-10-12(2-7-15(16)28-9-8-18(23)24)11-17-19(25)22(20(26)29-17)14-5-3-13(21)4-6-14/h2-7,10-11H,8-9H2,1H3,(H,23,24)/b17-11+. The monoisotopic (exact) mass is 433 g/mol. The molecule has 1 heterocycles. The Kier molecular flexibility index (Phi) is 6.46. The van der Waals surface area contributed by atoms with E-state index in [9.17, 15) is 14.4 Å². The third kappa shape index (κ3) is 4.90. The molecular weight excluding hydrogens is 418 g/mol. The minimum Gasteiger partial charge on any atom is -0.493 e. The number of imide groups is 1. The van der Waals surface area contributed by atoms with Gasteiger partial charge in [0.25, 0.3) is 11.1 Å². The SMILES string of the molecule is COc1cc(/C=C2/SC(=O)N(c3ccc(Cl)cc3)C2=O)ccc1OCCC(=O)O. The number of ether oxygens (including phenoxy) is 2. The number of hydrogen-bond acceptors (Lipinski definition) is 6. The highest BCUT2D eigenvalue weighted by atomic mass is 35.5. The number of benzene rings is 2. The molecule has 2 amide bonds. The number of aliphatic carboxylic acids is 1. The fraction of sp³-hybridized carbons (Fsp3) is 0.150. The number of amides is 2. The molecule has 1 saturated heterocycles. The Bertz CT molecular complexity index is 989. The molecule has 0 radical (unpaired) electrons. The zero-order valence-electron chi connectivity index (χ0n) is 15.3. The summed E-state index contributed by atoms with van der Waals surface area (Å²) in [6.45, 7) is 0.00498. The Hall–Kier alpha value is -2.97. The molecule has 2 aromatic carbocycles. The number of hydrogen-bond donors (Lipinski definition) is 1. The van der Waals surface area contributed by atoms with Crippen molar-refractivity contribution in [3.8, 4) is 11.5 Å². The van der Waals surface area contributed by atoms with Crippen LogP contribution >= 0.6 is 23.4 Å². The van der Waals surface area contributed by atoms with Crippen molar-refractivity contribution in [3.05, 3.63) is 58.0 Å². The number of thioether (sulfide) groups is 1. The molecule has 2 aromatic rings. The average molecular weight is 434 g/mol. The molecule has 0 aromatic heterocycles. The predicted octanol–water partition coefficient (Wildman–Crippen LogP) is 4.44. The molecule has 0 atom stereocenters. The van der Waals surface area contributed by atoms with Gasteiger partial charge in [0.1, 0.15) is 0 Å². The second kappa shape index (κ2) is 9.02. The molecule has 0 bridgehead atoms. The van der Waals surface area contributed by atoms with Crippen molar-refractivity contribution in [3.63, 3.8) is 0 Å². The summed E-state index contributed by atoms with van der Waals surface area (Å²) in [6.07, 6.45) is 1.45. The number of carbonyl (C=O) groups is 3. The van der Waals surface area contributed by atoms with Gasteiger partial charge < -0.3 is 14.6 Å². The summed E-state index contributed by atoms with van der Waals surface area (Å²) >= 11 is 6.70. The van der Waals surface area contributed by atoms with Crippen molar-refractivity contribution in [2.24, 2.45) is 0 Å². The van der Waals surface area contributed by atoms with Gasteiger partial charge in [-0.3, -0.25) is 14.4 Å². The first-order valence-corrected chi connectivity index (χ1v) is 9.64. The maximum absolute atomic E-state index is 12.7. The van der Waals surface area contributed by atoms with Crippen LogP contribution in [0.15, 0.2) is 47.4 Å². The molecule has 150 valence electrons. The Morgan fingerprint density at radius 2 is 1.90 bits per heavy atom. The Morgan fingerprint density at radius 3 is 2.55 bits per heavy atom. The van der Waals surface area contributed by atoms with Crippen LogP contribution in [0.5, 0.6) is 11.5 Å². The van der Waals surface area contributed by atoms with Gasteiger partial charge in [0.15, 0.2) is 11.5 Å². The van der Waals surface area contributed by atoms with E-state index < -0.39 is 17.1 Å². The maximum Gasteiger partial charge on any atom is 0.306 e. The average Bonchev–Trinajstić information content (AvgIpc) is 2.96. The normalized spacial score (nSPS) is 15.1. The number of nitrogens with zero attached hydrogens (tertiary/aromatic N) is 1. The largest absolute Gasteiger partial charge is 0.493 e. The minimum absolute atomic E-state index is 0.00498. The van der Waals surface area contributed by atoms with Crippen LogP contribution < -0.4 is 14.4 Å². The highest BCUT2D eigenvalue weighted by molar-refractivity contribution is 8.19. The smallest absolute Gasteiger partial charge is 0.306 e. The second-order valence-electron chi connectivity index (χ2n) is 5.90. The van der Waals surface area contributed by atoms with E-state index in [0.717, 1.165) is 16.7 Å². The number of carboxylic acids is 1. The predicted molar refractivity (Wildman–Crippen MR) is 111 cm³/mol. The topological polar surface area (TPSA) is 93.1 Å². The van der Waals surface area contributed by atoms with E-state index in [1.807, 2.05) is 0 Å². The first kappa shape index (κ1) is 20.8. The van der Waals surface area contributed by atoms with Gasteiger partial charge in [-0.1, -0.05) is 17.7 Å². The second-order valence-corrected chi connectivity index (χ2v) is 7.33. The van der Waals surface area contributed by atoms with Gasteiger partial charge in [-0.2, -0.15) is 0 Å². The summed E-state index contributed by atoms with van der Waals surface area (Å²) in [5.41, 5.74) is 1.08. The van der Waals surface area contributed by atoms with Gasteiger partial charge in [-0.25, -0.2) is 4.90 Å². The number of methoxy groups -OCH3 is 1. The van der Waals surface area contributed by atoms with Gasteiger partial charge in [-0.15, -0.1) is 0 Å². The van der Waals surface area contributed by atoms with Crippen molar-refractivity contribution < 1.29 is 29.0 Å². The minimum atomic E-state index is -0.961. The lowest BCUT2D eigenvalue weighted by Crippen LogP contribution is -2.27. The van der Waals surface area contributed by atoms with Crippen LogP contribution in [0.1, 0.15) is 12.0 Å². The highest BCUT2D eigenvalue weighted by Crippen LogP contribution is 2.37. The zero-order chi connectivity index (χ0) is 21.0. The van der Waals surface area contributed by atoms with Crippen LogP contribution in [0.2, 0.25) is 5.02 Å². The van der Waals surface area contributed by atoms with Crippen molar-refractivity contribution in [2.45, 2.75) is 6.42 Å². The van der Waals surface area contributed by atoms with Crippen LogP contribution in [0.4, 0.5) is 10.5 Å². The van der Waals surface area contributed by atoms with Crippen molar-refractivity contribution >= 4 is 52.2 Å². The molecule has 0 saturated carbocycles. The van der Waals surface area contributed by atoms with Crippen LogP contribution in [-0.4, -0.2) is 35.9 Å². The summed E-state index contributed by atoms with van der Waals surface area (Å²) < 4.78 is 10.7. The van der Waals surface area contributed by atoms with E-state index in [4.69, 9.17) is 26.2 Å². The highest BCUT2D eigenvalue weighted by Gasteiger charge is 2.36. The van der Waals surface area contributed by atoms with E-state index in [2.05, 4.69) is 0 Å². The molecule has 0 aliphatic carbocycles. The van der Waals surface area contributed by atoms with Crippen molar-refractivity contribution in [1.82, 2.24) is 0 Å². The molecule has 0 spiro atoms. The third-order valence-electron chi connectivity index (χ3n) is 3.94. The lowest BCUT2D eigenvalue weighted by molar-refractivity contribution is -0.137. The van der Waals surface area contributed by atoms with E-state index in [1.54, 1.807) is 48.5 Å². The van der Waals surface area contributed by atoms with Crippen LogP contribution in [0.3, 0.4) is 0 Å². The van der Waals surface area contributed by atoms with Crippen LogP contribution in [-0.2, 0) is 9.59 Å². The van der Waals surface area contributed by atoms with Crippen molar-refractivity contribution in [2.75, 3.05) is 18.6 Å². The number of rotatable bonds is 7. The summed E-state index contributed by atoms with van der Waals surface area (Å²) in [4.78, 5) is 37.0. The van der Waals surface area contributed by atoms with E-state index >= 15 is 0 Å². The molecular formula is C20H16ClNO6S. The fourth-order valence-corrected chi connectivity index (χ4v) is 3.54. The molecule has 1 N–H and O–H groups in total. The maximum atomic E-state index is 12.7. The van der Waals surface area contributed by atoms with Crippen molar-refractivity contribution in [1.29, 1.82) is 0 Å². The molecule has 1 aliphatic heterocycles. The molecule has 0 unspecified atom stereocenters. The molecule has 3 rings (SSSR count). The number of carbonyl (C=O) groups excluding carboxylic acids is 2. The Labute approximate surface area is 175 Å². The molecule has 7 nitrogen and oxygen atoms in total. The molecule has 1 fully saturated rings. The molecule has 9 heteroatoms. The zero-order valence-corrected chi connectivity index (χ0v) is 16.8. The summed E-state index contributed by atoms with van der Waals surface area (Å²) in [5, 5.41) is 8.80. The number of carboxylic acid groups (broad SMARTS) is 1. The number of halogens is 1. The van der Waals surface area contributed by atoms with Crippen LogP contribution in [0, 0.1) is 0 Å². The van der Waals surface area contributed by atoms with E-state index in [0.29, 0.717) is 27.8 Å². The van der Waals surface area contributed by atoms with Gasteiger partial charge in [0.05, 0.1) is 30.7 Å². The van der Waals surface area contributed by atoms with E-state index in [-0.39, 0.29) is 17.9 Å². The molecule has 29 heavy (non-hydrogen) atoms. The summed E-state index contributed by atoms with van der Waals surface area (Å²) in [5.74, 6) is -0.610. The van der Waals surface area contributed by atoms with Gasteiger partial charge in [-0.05, 0) is 59.8 Å². The lowest BCUT2D eigenvalue weighted by atomic mass is 10.1. The van der Waals surface area contributed by atoms with Gasteiger partial charge in [0.2, 0.25) is 0 Å². The summed E-state index contributed by atoms with van der Waals surface area (Å²) in [6, 6.07) is 11.4. The lowest BCUT2D eigenvalue weighted by Gasteiger charge is -2.12. The molecule has 1 aliphatic rings. The first-order valence-electron chi connectivity index (χ1n) is 8.45. The van der Waals surface area contributed by atoms with Gasteiger partial charge >= 0.3 is 5.97 Å². The van der Waals surface area contributed by atoms with Crippen LogP contribution in [0.25, 0.3) is 6.08 Å².